The maximum atomic E-state index is 12.4. The van der Waals surface area contributed by atoms with Crippen molar-refractivity contribution >= 4 is 22.9 Å². The van der Waals surface area contributed by atoms with Gasteiger partial charge in [-0.15, -0.1) is 11.3 Å². The summed E-state index contributed by atoms with van der Waals surface area (Å²) in [6, 6.07) is 19.2. The quantitative estimate of drug-likeness (QED) is 0.506. The molecule has 132 valence electrons. The number of hydrogen-bond donors (Lipinski definition) is 1. The fraction of sp³-hybridized carbons (Fsp3) is 0.105. The SMILES string of the molecule is O=C(COc1ccccc1[N+](=O)[O-])N[C@@H](c1ccccc1)c1cccs1. The van der Waals surface area contributed by atoms with Crippen LogP contribution in [0.5, 0.6) is 5.75 Å². The smallest absolute Gasteiger partial charge is 0.310 e. The lowest BCUT2D eigenvalue weighted by Crippen LogP contribution is -2.33. The molecule has 0 saturated carbocycles. The van der Waals surface area contributed by atoms with Gasteiger partial charge in [0.15, 0.2) is 12.4 Å². The highest BCUT2D eigenvalue weighted by Gasteiger charge is 2.19. The van der Waals surface area contributed by atoms with Crippen LogP contribution in [0.2, 0.25) is 0 Å². The molecular formula is C19H16N2O4S. The van der Waals surface area contributed by atoms with Crippen LogP contribution in [0.15, 0.2) is 72.1 Å². The number of thiophene rings is 1. The van der Waals surface area contributed by atoms with Crippen molar-refractivity contribution in [2.75, 3.05) is 6.61 Å². The molecule has 0 bridgehead atoms. The second-order valence-electron chi connectivity index (χ2n) is 5.44. The van der Waals surface area contributed by atoms with E-state index >= 15 is 0 Å². The van der Waals surface area contributed by atoms with Crippen molar-refractivity contribution in [3.63, 3.8) is 0 Å². The minimum atomic E-state index is -0.536. The molecule has 0 radical (unpaired) electrons. The van der Waals surface area contributed by atoms with Gasteiger partial charge in [0.05, 0.1) is 11.0 Å². The van der Waals surface area contributed by atoms with Crippen LogP contribution >= 0.6 is 11.3 Å². The van der Waals surface area contributed by atoms with E-state index in [9.17, 15) is 14.9 Å². The first kappa shape index (κ1) is 17.6. The zero-order chi connectivity index (χ0) is 18.4. The second-order valence-corrected chi connectivity index (χ2v) is 6.42. The molecule has 0 fully saturated rings. The molecule has 0 saturated heterocycles. The first-order valence-electron chi connectivity index (χ1n) is 7.89. The van der Waals surface area contributed by atoms with E-state index in [2.05, 4.69) is 5.32 Å². The van der Waals surface area contributed by atoms with Gasteiger partial charge < -0.3 is 10.1 Å². The molecule has 1 aromatic heterocycles. The van der Waals surface area contributed by atoms with E-state index in [1.165, 1.54) is 12.1 Å². The summed E-state index contributed by atoms with van der Waals surface area (Å²) in [5.74, 6) is -0.287. The number of nitro groups is 1. The van der Waals surface area contributed by atoms with Crippen molar-refractivity contribution in [1.82, 2.24) is 5.32 Å². The monoisotopic (exact) mass is 368 g/mol. The van der Waals surface area contributed by atoms with Crippen molar-refractivity contribution in [3.05, 3.63) is 92.7 Å². The molecule has 26 heavy (non-hydrogen) atoms. The standard InChI is InChI=1S/C19H16N2O4S/c22-18(13-25-16-10-5-4-9-15(16)21(23)24)20-19(17-11-6-12-26-17)14-7-2-1-3-8-14/h1-12,19H,13H2,(H,20,22)/t19-/m0/s1. The van der Waals surface area contributed by atoms with Gasteiger partial charge in [0.2, 0.25) is 0 Å². The van der Waals surface area contributed by atoms with E-state index in [1.54, 1.807) is 23.5 Å². The number of rotatable bonds is 7. The molecule has 0 unspecified atom stereocenters. The molecule has 2 aromatic carbocycles. The molecule has 7 heteroatoms. The number of nitro benzene ring substituents is 1. The lowest BCUT2D eigenvalue weighted by Gasteiger charge is -2.18. The van der Waals surface area contributed by atoms with Crippen LogP contribution < -0.4 is 10.1 Å². The molecule has 6 nitrogen and oxygen atoms in total. The average molecular weight is 368 g/mol. The largest absolute Gasteiger partial charge is 0.477 e. The number of para-hydroxylation sites is 2. The molecular weight excluding hydrogens is 352 g/mol. The third kappa shape index (κ3) is 4.25. The fourth-order valence-electron chi connectivity index (χ4n) is 2.50. The maximum Gasteiger partial charge on any atom is 0.310 e. The average Bonchev–Trinajstić information content (AvgIpc) is 3.19. The van der Waals surface area contributed by atoms with Gasteiger partial charge in [0.25, 0.3) is 5.91 Å². The number of amides is 1. The zero-order valence-electron chi connectivity index (χ0n) is 13.7. The third-order valence-corrected chi connectivity index (χ3v) is 4.62. The summed E-state index contributed by atoms with van der Waals surface area (Å²) >= 11 is 1.54. The first-order chi connectivity index (χ1) is 12.6. The highest BCUT2D eigenvalue weighted by molar-refractivity contribution is 7.10. The molecule has 1 amide bonds. The number of ether oxygens (including phenoxy) is 1. The van der Waals surface area contributed by atoms with Crippen LogP contribution in [-0.2, 0) is 4.79 Å². The number of benzene rings is 2. The van der Waals surface area contributed by atoms with Gasteiger partial charge in [-0.1, -0.05) is 48.5 Å². The van der Waals surface area contributed by atoms with Crippen LogP contribution in [0.25, 0.3) is 0 Å². The van der Waals surface area contributed by atoms with Gasteiger partial charge in [0.1, 0.15) is 0 Å². The van der Waals surface area contributed by atoms with Crippen LogP contribution in [-0.4, -0.2) is 17.4 Å². The summed E-state index contributed by atoms with van der Waals surface area (Å²) < 4.78 is 5.36. The Morgan fingerprint density at radius 3 is 2.50 bits per heavy atom. The van der Waals surface area contributed by atoms with Crippen LogP contribution in [0.4, 0.5) is 5.69 Å². The van der Waals surface area contributed by atoms with E-state index < -0.39 is 4.92 Å². The van der Waals surface area contributed by atoms with Crippen LogP contribution in [0.1, 0.15) is 16.5 Å². The minimum Gasteiger partial charge on any atom is -0.477 e. The number of carbonyl (C=O) groups is 1. The first-order valence-corrected chi connectivity index (χ1v) is 8.77. The summed E-state index contributed by atoms with van der Waals surface area (Å²) in [6.07, 6.45) is 0. The van der Waals surface area contributed by atoms with Gasteiger partial charge in [-0.05, 0) is 23.1 Å². The summed E-state index contributed by atoms with van der Waals surface area (Å²) in [5, 5.41) is 15.9. The van der Waals surface area contributed by atoms with E-state index in [1.807, 2.05) is 47.8 Å². The Hall–Kier alpha value is -3.19. The third-order valence-electron chi connectivity index (χ3n) is 3.69. The van der Waals surface area contributed by atoms with E-state index in [-0.39, 0.29) is 30.0 Å². The predicted molar refractivity (Wildman–Crippen MR) is 99.3 cm³/mol. The van der Waals surface area contributed by atoms with Gasteiger partial charge in [0, 0.05) is 10.9 Å². The molecule has 0 spiro atoms. The number of nitrogens with one attached hydrogen (secondary N) is 1. The van der Waals surface area contributed by atoms with Crippen molar-refractivity contribution in [1.29, 1.82) is 0 Å². The van der Waals surface area contributed by atoms with E-state index in [4.69, 9.17) is 4.74 Å². The molecule has 1 N–H and O–H groups in total. The Labute approximate surface area is 154 Å². The number of hydrogen-bond acceptors (Lipinski definition) is 5. The summed E-state index contributed by atoms with van der Waals surface area (Å²) in [5.41, 5.74) is 0.784. The van der Waals surface area contributed by atoms with Crippen LogP contribution in [0.3, 0.4) is 0 Å². The Bertz CT molecular complexity index is 882. The van der Waals surface area contributed by atoms with Gasteiger partial charge >= 0.3 is 5.69 Å². The van der Waals surface area contributed by atoms with Crippen molar-refractivity contribution < 1.29 is 14.5 Å². The van der Waals surface area contributed by atoms with Gasteiger partial charge in [-0.25, -0.2) is 0 Å². The second kappa shape index (κ2) is 8.26. The van der Waals surface area contributed by atoms with Crippen LogP contribution in [0, 0.1) is 10.1 Å². The Balaban J connectivity index is 1.71. The lowest BCUT2D eigenvalue weighted by atomic mass is 10.1. The zero-order valence-corrected chi connectivity index (χ0v) is 14.5. The molecule has 0 aliphatic rings. The number of carbonyl (C=O) groups excluding carboxylic acids is 1. The summed E-state index contributed by atoms with van der Waals surface area (Å²) in [4.78, 5) is 23.8. The predicted octanol–water partition coefficient (Wildman–Crippen LogP) is 3.94. The highest BCUT2D eigenvalue weighted by atomic mass is 32.1. The van der Waals surface area contributed by atoms with Gasteiger partial charge in [-0.3, -0.25) is 14.9 Å². The Morgan fingerprint density at radius 2 is 1.81 bits per heavy atom. The lowest BCUT2D eigenvalue weighted by molar-refractivity contribution is -0.385. The van der Waals surface area contributed by atoms with Crippen molar-refractivity contribution in [2.45, 2.75) is 6.04 Å². The topological polar surface area (TPSA) is 81.5 Å². The maximum absolute atomic E-state index is 12.4. The molecule has 3 aromatic rings. The fourth-order valence-corrected chi connectivity index (χ4v) is 3.30. The highest BCUT2D eigenvalue weighted by Crippen LogP contribution is 2.27. The normalized spacial score (nSPS) is 11.5. The molecule has 1 heterocycles. The minimum absolute atomic E-state index is 0.0695. The number of nitrogens with zero attached hydrogens (tertiary/aromatic N) is 1. The van der Waals surface area contributed by atoms with Gasteiger partial charge in [-0.2, -0.15) is 0 Å². The summed E-state index contributed by atoms with van der Waals surface area (Å²) in [6.45, 7) is -0.306. The molecule has 1 atom stereocenters. The van der Waals surface area contributed by atoms with E-state index in [0.29, 0.717) is 0 Å². The Morgan fingerprint density at radius 1 is 1.08 bits per heavy atom. The molecule has 3 rings (SSSR count). The van der Waals surface area contributed by atoms with Crippen molar-refractivity contribution in [3.8, 4) is 5.75 Å². The molecule has 0 aliphatic carbocycles. The summed E-state index contributed by atoms with van der Waals surface area (Å²) in [7, 11) is 0. The van der Waals surface area contributed by atoms with Crippen molar-refractivity contribution in [2.24, 2.45) is 0 Å². The Kier molecular flexibility index (Phi) is 5.60. The van der Waals surface area contributed by atoms with E-state index in [0.717, 1.165) is 10.4 Å². The molecule has 0 aliphatic heterocycles.